The summed E-state index contributed by atoms with van der Waals surface area (Å²) in [4.78, 5) is 1.94. The van der Waals surface area contributed by atoms with Crippen LogP contribution in [0.3, 0.4) is 0 Å². The van der Waals surface area contributed by atoms with Gasteiger partial charge in [-0.25, -0.2) is 0 Å². The highest BCUT2D eigenvalue weighted by atomic mass is 19.4. The molecule has 3 nitrogen and oxygen atoms in total. The molecule has 0 spiro atoms. The first-order valence-corrected chi connectivity index (χ1v) is 6.05. The third-order valence-corrected chi connectivity index (χ3v) is 3.75. The Kier molecular flexibility index (Phi) is 3.95. The molecule has 0 bridgehead atoms. The summed E-state index contributed by atoms with van der Waals surface area (Å²) in [5.74, 6) is -1.18. The molecule has 2 unspecified atom stereocenters. The summed E-state index contributed by atoms with van der Waals surface area (Å²) < 4.78 is 42.8. The van der Waals surface area contributed by atoms with Crippen molar-refractivity contribution < 1.29 is 23.0 Å². The minimum absolute atomic E-state index is 0.127. The standard InChI is InChI=1S/C11H18F3NO2/c12-11(13,14)8-1-4-15(5-2-8)9-7-17-6-3-10(9)16/h8-10,16H,1-7H2. The summed E-state index contributed by atoms with van der Waals surface area (Å²) in [6.07, 6.45) is -3.71. The molecule has 0 saturated carbocycles. The highest BCUT2D eigenvalue weighted by Crippen LogP contribution is 2.35. The molecule has 2 fully saturated rings. The van der Waals surface area contributed by atoms with Gasteiger partial charge in [-0.3, -0.25) is 4.90 Å². The quantitative estimate of drug-likeness (QED) is 0.767. The predicted molar refractivity (Wildman–Crippen MR) is 55.6 cm³/mol. The number of aliphatic hydroxyl groups is 1. The van der Waals surface area contributed by atoms with Crippen LogP contribution < -0.4 is 0 Å². The fraction of sp³-hybridized carbons (Fsp3) is 1.00. The van der Waals surface area contributed by atoms with Crippen molar-refractivity contribution in [1.82, 2.24) is 4.90 Å². The van der Waals surface area contributed by atoms with E-state index in [1.165, 1.54) is 0 Å². The number of ether oxygens (including phenoxy) is 1. The average molecular weight is 253 g/mol. The lowest BCUT2D eigenvalue weighted by molar-refractivity contribution is -0.189. The van der Waals surface area contributed by atoms with Gasteiger partial charge >= 0.3 is 6.18 Å². The highest BCUT2D eigenvalue weighted by Gasteiger charge is 2.42. The maximum absolute atomic E-state index is 12.5. The molecule has 6 heteroatoms. The number of hydrogen-bond donors (Lipinski definition) is 1. The van der Waals surface area contributed by atoms with Crippen LogP contribution in [-0.4, -0.2) is 54.6 Å². The molecular formula is C11H18F3NO2. The lowest BCUT2D eigenvalue weighted by atomic mass is 9.93. The number of alkyl halides is 3. The largest absolute Gasteiger partial charge is 0.391 e. The molecule has 0 amide bonds. The van der Waals surface area contributed by atoms with Crippen LogP contribution in [0.25, 0.3) is 0 Å². The zero-order valence-electron chi connectivity index (χ0n) is 9.62. The molecule has 100 valence electrons. The Bertz CT molecular complexity index is 252. The van der Waals surface area contributed by atoms with Crippen LogP contribution >= 0.6 is 0 Å². The molecule has 17 heavy (non-hydrogen) atoms. The van der Waals surface area contributed by atoms with E-state index in [-0.39, 0.29) is 18.9 Å². The van der Waals surface area contributed by atoms with Gasteiger partial charge in [-0.2, -0.15) is 13.2 Å². The van der Waals surface area contributed by atoms with Crippen LogP contribution in [0, 0.1) is 5.92 Å². The van der Waals surface area contributed by atoms with Crippen molar-refractivity contribution in [2.75, 3.05) is 26.3 Å². The zero-order valence-corrected chi connectivity index (χ0v) is 9.62. The first-order chi connectivity index (χ1) is 7.98. The van der Waals surface area contributed by atoms with Crippen molar-refractivity contribution in [3.05, 3.63) is 0 Å². The summed E-state index contributed by atoms with van der Waals surface area (Å²) >= 11 is 0. The van der Waals surface area contributed by atoms with E-state index in [1.807, 2.05) is 4.90 Å². The van der Waals surface area contributed by atoms with E-state index in [1.54, 1.807) is 0 Å². The second-order valence-electron chi connectivity index (χ2n) is 4.85. The molecule has 0 aromatic carbocycles. The first-order valence-electron chi connectivity index (χ1n) is 6.05. The van der Waals surface area contributed by atoms with Gasteiger partial charge < -0.3 is 9.84 Å². The highest BCUT2D eigenvalue weighted by molar-refractivity contribution is 4.86. The van der Waals surface area contributed by atoms with E-state index in [4.69, 9.17) is 4.74 Å². The van der Waals surface area contributed by atoms with E-state index in [0.717, 1.165) is 0 Å². The molecule has 2 aliphatic rings. The molecule has 0 aromatic heterocycles. The third-order valence-electron chi connectivity index (χ3n) is 3.75. The zero-order chi connectivity index (χ0) is 12.5. The fourth-order valence-electron chi connectivity index (χ4n) is 2.62. The van der Waals surface area contributed by atoms with Gasteiger partial charge in [-0.1, -0.05) is 0 Å². The molecule has 0 aromatic rings. The second-order valence-corrected chi connectivity index (χ2v) is 4.85. The summed E-state index contributed by atoms with van der Waals surface area (Å²) in [6, 6.07) is -0.127. The monoisotopic (exact) mass is 253 g/mol. The molecule has 2 rings (SSSR count). The Morgan fingerprint density at radius 3 is 2.29 bits per heavy atom. The van der Waals surface area contributed by atoms with Crippen LogP contribution in [0.15, 0.2) is 0 Å². The van der Waals surface area contributed by atoms with Crippen molar-refractivity contribution in [1.29, 1.82) is 0 Å². The van der Waals surface area contributed by atoms with E-state index in [2.05, 4.69) is 0 Å². The van der Waals surface area contributed by atoms with Crippen LogP contribution in [-0.2, 0) is 4.74 Å². The number of hydrogen-bond acceptors (Lipinski definition) is 3. The van der Waals surface area contributed by atoms with Crippen molar-refractivity contribution in [3.63, 3.8) is 0 Å². The van der Waals surface area contributed by atoms with Gasteiger partial charge in [0.15, 0.2) is 0 Å². The van der Waals surface area contributed by atoms with Crippen molar-refractivity contribution >= 4 is 0 Å². The Balaban J connectivity index is 1.86. The molecule has 2 heterocycles. The molecule has 1 N–H and O–H groups in total. The topological polar surface area (TPSA) is 32.7 Å². The normalized spacial score (nSPS) is 33.9. The summed E-state index contributed by atoms with van der Waals surface area (Å²) in [5, 5.41) is 9.80. The van der Waals surface area contributed by atoms with Crippen LogP contribution in [0.2, 0.25) is 0 Å². The summed E-state index contributed by atoms with van der Waals surface area (Å²) in [5.41, 5.74) is 0. The number of halogens is 3. The van der Waals surface area contributed by atoms with E-state index in [9.17, 15) is 18.3 Å². The Morgan fingerprint density at radius 1 is 1.12 bits per heavy atom. The third kappa shape index (κ3) is 3.11. The lowest BCUT2D eigenvalue weighted by Crippen LogP contribution is -2.53. The van der Waals surface area contributed by atoms with Gasteiger partial charge in [-0.05, 0) is 32.4 Å². The van der Waals surface area contributed by atoms with Crippen molar-refractivity contribution in [3.8, 4) is 0 Å². The Labute approximate surface area is 98.5 Å². The molecule has 2 saturated heterocycles. The van der Waals surface area contributed by atoms with Gasteiger partial charge in [0.05, 0.1) is 24.7 Å². The van der Waals surface area contributed by atoms with Crippen LogP contribution in [0.4, 0.5) is 13.2 Å². The van der Waals surface area contributed by atoms with Crippen LogP contribution in [0.1, 0.15) is 19.3 Å². The first kappa shape index (κ1) is 13.1. The van der Waals surface area contributed by atoms with E-state index >= 15 is 0 Å². The van der Waals surface area contributed by atoms with Gasteiger partial charge in [0, 0.05) is 6.61 Å². The molecule has 2 aliphatic heterocycles. The van der Waals surface area contributed by atoms with Gasteiger partial charge in [-0.15, -0.1) is 0 Å². The molecule has 0 radical (unpaired) electrons. The predicted octanol–water partition coefficient (Wildman–Crippen LogP) is 1.41. The van der Waals surface area contributed by atoms with E-state index < -0.39 is 18.2 Å². The maximum atomic E-state index is 12.5. The van der Waals surface area contributed by atoms with E-state index in [0.29, 0.717) is 32.7 Å². The van der Waals surface area contributed by atoms with Gasteiger partial charge in [0.1, 0.15) is 0 Å². The second kappa shape index (κ2) is 5.12. The number of piperidine rings is 1. The molecule has 2 atom stereocenters. The van der Waals surface area contributed by atoms with Crippen LogP contribution in [0.5, 0.6) is 0 Å². The van der Waals surface area contributed by atoms with Gasteiger partial charge in [0.25, 0.3) is 0 Å². The van der Waals surface area contributed by atoms with Gasteiger partial charge in [0.2, 0.25) is 0 Å². The number of likely N-dealkylation sites (tertiary alicyclic amines) is 1. The number of rotatable bonds is 1. The SMILES string of the molecule is OC1CCOCC1N1CCC(C(F)(F)F)CC1. The fourth-order valence-corrected chi connectivity index (χ4v) is 2.62. The lowest BCUT2D eigenvalue weighted by Gasteiger charge is -2.41. The maximum Gasteiger partial charge on any atom is 0.391 e. The number of nitrogens with zero attached hydrogens (tertiary/aromatic N) is 1. The molecule has 0 aliphatic carbocycles. The average Bonchev–Trinajstić information content (AvgIpc) is 2.29. The van der Waals surface area contributed by atoms with Crippen molar-refractivity contribution in [2.24, 2.45) is 5.92 Å². The minimum atomic E-state index is -4.08. The minimum Gasteiger partial charge on any atom is -0.391 e. The Morgan fingerprint density at radius 2 is 1.76 bits per heavy atom. The number of aliphatic hydroxyl groups excluding tert-OH is 1. The summed E-state index contributed by atoms with van der Waals surface area (Å²) in [7, 11) is 0. The smallest absolute Gasteiger partial charge is 0.391 e. The summed E-state index contributed by atoms with van der Waals surface area (Å²) in [6.45, 7) is 1.76. The Hall–Kier alpha value is -0.330. The van der Waals surface area contributed by atoms with Crippen molar-refractivity contribution in [2.45, 2.75) is 37.6 Å². The molecular weight excluding hydrogens is 235 g/mol.